The third-order valence-electron chi connectivity index (χ3n) is 7.58. The number of nitrogens with zero attached hydrogens (tertiary/aromatic N) is 2. The molecule has 0 aliphatic carbocycles. The number of para-hydroxylation sites is 1. The smallest absolute Gasteiger partial charge is 0.188 e. The van der Waals surface area contributed by atoms with E-state index < -0.39 is 0 Å². The van der Waals surface area contributed by atoms with E-state index in [9.17, 15) is 0 Å². The molecular weight excluding hydrogens is 464 g/mol. The van der Waals surface area contributed by atoms with Gasteiger partial charge in [0.2, 0.25) is 0 Å². The fourth-order valence-electron chi connectivity index (χ4n) is 5.56. The Morgan fingerprint density at radius 3 is 2.00 bits per heavy atom. The fraction of sp³-hybridized carbons (Fsp3) is 0.114. The summed E-state index contributed by atoms with van der Waals surface area (Å²) in [5.41, 5.74) is 9.54. The molecule has 0 radical (unpaired) electrons. The monoisotopic (exact) mass is 490 g/mol. The Hall–Kier alpha value is -4.81. The number of benzene rings is 5. The first kappa shape index (κ1) is 22.4. The molecule has 7 rings (SSSR count). The number of hydrogen-bond donors (Lipinski definition) is 0. The molecule has 3 heteroatoms. The van der Waals surface area contributed by atoms with Gasteiger partial charge in [-0.15, -0.1) is 0 Å². The summed E-state index contributed by atoms with van der Waals surface area (Å²) in [5, 5.41) is 4.47. The molecule has 0 bridgehead atoms. The molecule has 0 N–H and O–H groups in total. The van der Waals surface area contributed by atoms with Crippen molar-refractivity contribution in [3.63, 3.8) is 0 Å². The Kier molecular flexibility index (Phi) is 4.77. The zero-order valence-electron chi connectivity index (χ0n) is 21.6. The third-order valence-corrected chi connectivity index (χ3v) is 7.58. The Morgan fingerprint density at radius 1 is 0.632 bits per heavy atom. The molecule has 0 unspecified atom stereocenters. The van der Waals surface area contributed by atoms with Crippen LogP contribution in [0.4, 0.5) is 5.69 Å². The molecule has 0 aliphatic rings. The first-order chi connectivity index (χ1) is 18.4. The second kappa shape index (κ2) is 8.10. The summed E-state index contributed by atoms with van der Waals surface area (Å²) in [6, 6.07) is 36.3. The van der Waals surface area contributed by atoms with Crippen molar-refractivity contribution in [1.29, 1.82) is 0 Å². The summed E-state index contributed by atoms with van der Waals surface area (Å²) in [7, 11) is 0. The summed E-state index contributed by atoms with van der Waals surface area (Å²) < 4.78 is 8.41. The highest BCUT2D eigenvalue weighted by Crippen LogP contribution is 2.38. The lowest BCUT2D eigenvalue weighted by molar-refractivity contribution is 0.590. The van der Waals surface area contributed by atoms with Crippen LogP contribution in [-0.2, 0) is 5.41 Å². The Balaban J connectivity index is 1.41. The van der Waals surface area contributed by atoms with Crippen LogP contribution < -0.4 is 0 Å². The molecule has 0 fully saturated rings. The van der Waals surface area contributed by atoms with Crippen LogP contribution in [0.2, 0.25) is 0 Å². The second-order valence-electron chi connectivity index (χ2n) is 11.0. The highest BCUT2D eigenvalue weighted by Gasteiger charge is 2.16. The van der Waals surface area contributed by atoms with Gasteiger partial charge in [0.05, 0.1) is 17.6 Å². The van der Waals surface area contributed by atoms with Gasteiger partial charge in [-0.2, -0.15) is 0 Å². The summed E-state index contributed by atoms with van der Waals surface area (Å²) in [5.74, 6) is 0. The number of hydrogen-bond acceptors (Lipinski definition) is 1. The lowest BCUT2D eigenvalue weighted by Gasteiger charge is -2.19. The lowest BCUT2D eigenvalue weighted by atomic mass is 9.87. The zero-order valence-corrected chi connectivity index (χ0v) is 21.6. The molecule has 2 aromatic heterocycles. The van der Waals surface area contributed by atoms with Gasteiger partial charge in [0, 0.05) is 27.2 Å². The predicted octanol–water partition coefficient (Wildman–Crippen LogP) is 10.2. The topological polar surface area (TPSA) is 22.4 Å². The minimum Gasteiger partial charge on any atom is -0.456 e. The van der Waals surface area contributed by atoms with Crippen molar-refractivity contribution in [2.75, 3.05) is 0 Å². The van der Waals surface area contributed by atoms with Gasteiger partial charge in [0.15, 0.2) is 5.69 Å². The van der Waals surface area contributed by atoms with Gasteiger partial charge in [-0.1, -0.05) is 69.3 Å². The minimum atomic E-state index is 0.118. The standard InChI is InChI=1S/C35H26N2O/c1-35(2,3)24-11-14-26(15-12-24)37-31-8-6-5-7-27(31)28-19-22(9-16-32(28)37)23-10-17-33-29(20-23)30-21-25(36-4)13-18-34(30)38-33/h5-21H,1-3H3. The summed E-state index contributed by atoms with van der Waals surface area (Å²) in [4.78, 5) is 3.60. The van der Waals surface area contributed by atoms with E-state index in [0.717, 1.165) is 33.1 Å². The Morgan fingerprint density at radius 2 is 1.26 bits per heavy atom. The van der Waals surface area contributed by atoms with Crippen LogP contribution in [0.3, 0.4) is 0 Å². The van der Waals surface area contributed by atoms with Crippen molar-refractivity contribution < 1.29 is 4.42 Å². The van der Waals surface area contributed by atoms with Gasteiger partial charge in [-0.25, -0.2) is 4.85 Å². The minimum absolute atomic E-state index is 0.118. The molecular formula is C35H26N2O. The molecule has 7 aromatic rings. The Labute approximate surface area is 221 Å². The van der Waals surface area contributed by atoms with E-state index in [4.69, 9.17) is 11.0 Å². The maximum Gasteiger partial charge on any atom is 0.188 e. The average molecular weight is 491 g/mol. The van der Waals surface area contributed by atoms with E-state index in [0.29, 0.717) is 5.69 Å². The van der Waals surface area contributed by atoms with E-state index in [1.165, 1.54) is 33.1 Å². The van der Waals surface area contributed by atoms with Gasteiger partial charge in [0.1, 0.15) is 11.2 Å². The molecule has 0 spiro atoms. The van der Waals surface area contributed by atoms with Gasteiger partial charge in [-0.05, 0) is 76.7 Å². The molecule has 0 atom stereocenters. The lowest BCUT2D eigenvalue weighted by Crippen LogP contribution is -2.10. The molecule has 3 nitrogen and oxygen atoms in total. The number of rotatable bonds is 2. The summed E-state index contributed by atoms with van der Waals surface area (Å²) in [6.45, 7) is 14.1. The fourth-order valence-corrected chi connectivity index (χ4v) is 5.56. The maximum atomic E-state index is 7.39. The molecule has 38 heavy (non-hydrogen) atoms. The van der Waals surface area contributed by atoms with Crippen LogP contribution in [0.15, 0.2) is 108 Å². The summed E-state index contributed by atoms with van der Waals surface area (Å²) in [6.07, 6.45) is 0. The van der Waals surface area contributed by atoms with Gasteiger partial charge in [0.25, 0.3) is 0 Å². The van der Waals surface area contributed by atoms with Crippen LogP contribution in [0.5, 0.6) is 0 Å². The zero-order chi connectivity index (χ0) is 26.0. The van der Waals surface area contributed by atoms with E-state index in [1.54, 1.807) is 6.07 Å². The van der Waals surface area contributed by atoms with Crippen molar-refractivity contribution in [1.82, 2.24) is 4.57 Å². The van der Waals surface area contributed by atoms with Crippen molar-refractivity contribution in [3.8, 4) is 16.8 Å². The van der Waals surface area contributed by atoms with Crippen LogP contribution >= 0.6 is 0 Å². The quantitative estimate of drug-likeness (QED) is 0.221. The van der Waals surface area contributed by atoms with E-state index in [2.05, 4.69) is 109 Å². The van der Waals surface area contributed by atoms with Crippen molar-refractivity contribution in [2.45, 2.75) is 26.2 Å². The first-order valence-corrected chi connectivity index (χ1v) is 12.9. The largest absolute Gasteiger partial charge is 0.456 e. The molecule has 0 saturated carbocycles. The molecule has 0 aliphatic heterocycles. The van der Waals surface area contributed by atoms with Gasteiger partial charge < -0.3 is 8.98 Å². The third kappa shape index (κ3) is 3.42. The molecule has 0 saturated heterocycles. The molecule has 182 valence electrons. The van der Waals surface area contributed by atoms with E-state index in [-0.39, 0.29) is 5.41 Å². The van der Waals surface area contributed by atoms with Crippen LogP contribution in [0, 0.1) is 6.57 Å². The van der Waals surface area contributed by atoms with Gasteiger partial charge >= 0.3 is 0 Å². The average Bonchev–Trinajstić information content (AvgIpc) is 3.47. The molecule has 0 amide bonds. The number of furan rings is 1. The van der Waals surface area contributed by atoms with E-state index >= 15 is 0 Å². The maximum absolute atomic E-state index is 7.39. The summed E-state index contributed by atoms with van der Waals surface area (Å²) >= 11 is 0. The van der Waals surface area contributed by atoms with Gasteiger partial charge in [-0.3, -0.25) is 0 Å². The SMILES string of the molecule is [C-]#[N+]c1ccc2oc3ccc(-c4ccc5c(c4)c4ccccc4n5-c4ccc(C(C)(C)C)cc4)cc3c2c1. The van der Waals surface area contributed by atoms with Crippen molar-refractivity contribution >= 4 is 49.4 Å². The van der Waals surface area contributed by atoms with E-state index in [1.807, 2.05) is 18.2 Å². The normalized spacial score (nSPS) is 12.1. The molecule has 2 heterocycles. The predicted molar refractivity (Wildman–Crippen MR) is 158 cm³/mol. The van der Waals surface area contributed by atoms with Crippen LogP contribution in [0.1, 0.15) is 26.3 Å². The highest BCUT2D eigenvalue weighted by atomic mass is 16.3. The first-order valence-electron chi connectivity index (χ1n) is 12.9. The van der Waals surface area contributed by atoms with Crippen molar-refractivity contribution in [2.24, 2.45) is 0 Å². The molecule has 5 aromatic carbocycles. The second-order valence-corrected chi connectivity index (χ2v) is 11.0. The van der Waals surface area contributed by atoms with Crippen molar-refractivity contribution in [3.05, 3.63) is 120 Å². The number of fused-ring (bicyclic) bond motifs is 6. The number of aromatic nitrogens is 1. The Bertz CT molecular complexity index is 2060. The van der Waals surface area contributed by atoms with Crippen LogP contribution in [0.25, 0.3) is 65.4 Å². The van der Waals surface area contributed by atoms with Crippen LogP contribution in [-0.4, -0.2) is 4.57 Å². The highest BCUT2D eigenvalue weighted by molar-refractivity contribution is 6.11.